The maximum Gasteiger partial charge on any atom is 0.258 e. The van der Waals surface area contributed by atoms with Gasteiger partial charge in [-0.3, -0.25) is 9.59 Å². The highest BCUT2D eigenvalue weighted by Gasteiger charge is 2.22. The van der Waals surface area contributed by atoms with Crippen molar-refractivity contribution in [3.05, 3.63) is 71.9 Å². The van der Waals surface area contributed by atoms with Gasteiger partial charge in [-0.1, -0.05) is 57.2 Å². The molecule has 0 saturated heterocycles. The molecular formula is C24H28N4O3. The fourth-order valence-electron chi connectivity index (χ4n) is 2.90. The fourth-order valence-corrected chi connectivity index (χ4v) is 2.90. The Labute approximate surface area is 182 Å². The molecule has 1 heterocycles. The summed E-state index contributed by atoms with van der Waals surface area (Å²) in [7, 11) is 0. The molecule has 2 N–H and O–H groups in total. The number of anilines is 1. The van der Waals surface area contributed by atoms with Crippen LogP contribution in [0, 0.1) is 6.92 Å². The van der Waals surface area contributed by atoms with Gasteiger partial charge in [-0.25, -0.2) is 4.68 Å². The molecule has 0 aliphatic heterocycles. The van der Waals surface area contributed by atoms with Gasteiger partial charge in [-0.05, 0) is 30.7 Å². The fraction of sp³-hybridized carbons (Fsp3) is 0.292. The average Bonchev–Trinajstić information content (AvgIpc) is 3.16. The Morgan fingerprint density at radius 3 is 2.35 bits per heavy atom. The molecule has 0 fully saturated rings. The van der Waals surface area contributed by atoms with Gasteiger partial charge in [-0.15, -0.1) is 0 Å². The molecule has 0 bridgehead atoms. The van der Waals surface area contributed by atoms with Crippen molar-refractivity contribution in [2.75, 3.05) is 18.5 Å². The van der Waals surface area contributed by atoms with Crippen molar-refractivity contribution < 1.29 is 14.3 Å². The van der Waals surface area contributed by atoms with E-state index in [1.54, 1.807) is 16.8 Å². The number of ether oxygens (including phenoxy) is 1. The van der Waals surface area contributed by atoms with Gasteiger partial charge in [0.2, 0.25) is 5.91 Å². The van der Waals surface area contributed by atoms with E-state index in [4.69, 9.17) is 9.84 Å². The van der Waals surface area contributed by atoms with Crippen molar-refractivity contribution in [2.45, 2.75) is 33.1 Å². The molecule has 0 unspecified atom stereocenters. The Morgan fingerprint density at radius 2 is 1.68 bits per heavy atom. The molecule has 3 rings (SSSR count). The van der Waals surface area contributed by atoms with E-state index in [1.807, 2.05) is 55.5 Å². The molecule has 0 spiro atoms. The van der Waals surface area contributed by atoms with E-state index in [2.05, 4.69) is 31.4 Å². The molecule has 0 aliphatic rings. The zero-order chi connectivity index (χ0) is 22.4. The van der Waals surface area contributed by atoms with E-state index >= 15 is 0 Å². The third-order valence-electron chi connectivity index (χ3n) is 4.65. The van der Waals surface area contributed by atoms with E-state index in [9.17, 15) is 9.59 Å². The molecule has 7 nitrogen and oxygen atoms in total. The zero-order valence-corrected chi connectivity index (χ0v) is 18.3. The minimum absolute atomic E-state index is 0.160. The summed E-state index contributed by atoms with van der Waals surface area (Å²) in [5.74, 6) is 0.433. The first-order valence-electron chi connectivity index (χ1n) is 10.1. The van der Waals surface area contributed by atoms with Gasteiger partial charge < -0.3 is 15.4 Å². The number of amides is 2. The maximum atomic E-state index is 12.5. The highest BCUT2D eigenvalue weighted by Crippen LogP contribution is 2.27. The molecule has 162 valence electrons. The topological polar surface area (TPSA) is 85.3 Å². The molecule has 0 radical (unpaired) electrons. The van der Waals surface area contributed by atoms with Crippen molar-refractivity contribution in [2.24, 2.45) is 0 Å². The van der Waals surface area contributed by atoms with Crippen LogP contribution in [0.4, 0.5) is 5.82 Å². The van der Waals surface area contributed by atoms with Crippen LogP contribution in [0.2, 0.25) is 0 Å². The molecule has 0 saturated carbocycles. The third kappa shape index (κ3) is 5.94. The average molecular weight is 421 g/mol. The molecule has 0 aliphatic carbocycles. The molecular weight excluding hydrogens is 392 g/mol. The number of nitrogens with zero attached hydrogens (tertiary/aromatic N) is 2. The summed E-state index contributed by atoms with van der Waals surface area (Å²) in [5, 5.41) is 10.2. The van der Waals surface area contributed by atoms with E-state index in [0.29, 0.717) is 11.6 Å². The maximum absolute atomic E-state index is 12.5. The number of carbonyl (C=O) groups is 2. The molecule has 1 aromatic heterocycles. The smallest absolute Gasteiger partial charge is 0.258 e. The summed E-state index contributed by atoms with van der Waals surface area (Å²) >= 11 is 0. The second-order valence-electron chi connectivity index (χ2n) is 8.29. The molecule has 0 atom stereocenters. The number of benzene rings is 2. The summed E-state index contributed by atoms with van der Waals surface area (Å²) in [5.41, 5.74) is 2.59. The highest BCUT2D eigenvalue weighted by molar-refractivity contribution is 5.94. The standard InChI is InChI=1S/C24H28N4O3/c1-17-10-8-9-13-19(17)28-21(14-20(27-28)24(2,3)4)26-22(29)15-25-23(30)16-31-18-11-6-5-7-12-18/h5-14H,15-16H2,1-4H3,(H,25,30)(H,26,29). The van der Waals surface area contributed by atoms with Gasteiger partial charge in [-0.2, -0.15) is 5.10 Å². The second kappa shape index (κ2) is 9.47. The molecule has 3 aromatic rings. The van der Waals surface area contributed by atoms with Crippen LogP contribution in [0.1, 0.15) is 32.0 Å². The Kier molecular flexibility index (Phi) is 6.74. The lowest BCUT2D eigenvalue weighted by atomic mass is 9.92. The number of aromatic nitrogens is 2. The van der Waals surface area contributed by atoms with Crippen LogP contribution < -0.4 is 15.4 Å². The summed E-state index contributed by atoms with van der Waals surface area (Å²) in [6, 6.07) is 18.7. The summed E-state index contributed by atoms with van der Waals surface area (Å²) in [6.45, 7) is 7.86. The quantitative estimate of drug-likeness (QED) is 0.611. The minimum Gasteiger partial charge on any atom is -0.484 e. The van der Waals surface area contributed by atoms with Gasteiger partial charge in [0, 0.05) is 11.5 Å². The Balaban J connectivity index is 1.65. The van der Waals surface area contributed by atoms with E-state index in [1.165, 1.54) is 0 Å². The number of carbonyl (C=O) groups excluding carboxylic acids is 2. The van der Waals surface area contributed by atoms with Gasteiger partial charge in [0.05, 0.1) is 17.9 Å². The van der Waals surface area contributed by atoms with Crippen LogP contribution in [0.5, 0.6) is 5.75 Å². The first-order valence-corrected chi connectivity index (χ1v) is 10.1. The second-order valence-corrected chi connectivity index (χ2v) is 8.29. The number of aryl methyl sites for hydroxylation is 1. The SMILES string of the molecule is Cc1ccccc1-n1nc(C(C)(C)C)cc1NC(=O)CNC(=O)COc1ccccc1. The third-order valence-corrected chi connectivity index (χ3v) is 4.65. The Bertz CT molecular complexity index is 1050. The predicted molar refractivity (Wildman–Crippen MR) is 121 cm³/mol. The lowest BCUT2D eigenvalue weighted by Crippen LogP contribution is -2.36. The van der Waals surface area contributed by atoms with Crippen LogP contribution >= 0.6 is 0 Å². The Hall–Kier alpha value is -3.61. The lowest BCUT2D eigenvalue weighted by Gasteiger charge is -2.14. The number of para-hydroxylation sites is 2. The van der Waals surface area contributed by atoms with E-state index in [0.717, 1.165) is 16.9 Å². The van der Waals surface area contributed by atoms with Gasteiger partial charge in [0.15, 0.2) is 6.61 Å². The zero-order valence-electron chi connectivity index (χ0n) is 18.3. The minimum atomic E-state index is -0.373. The van der Waals surface area contributed by atoms with Crippen LogP contribution in [0.3, 0.4) is 0 Å². The van der Waals surface area contributed by atoms with Crippen molar-refractivity contribution in [3.63, 3.8) is 0 Å². The van der Waals surface area contributed by atoms with Gasteiger partial charge in [0.25, 0.3) is 5.91 Å². The van der Waals surface area contributed by atoms with Crippen molar-refractivity contribution >= 4 is 17.6 Å². The van der Waals surface area contributed by atoms with Crippen molar-refractivity contribution in [1.29, 1.82) is 0 Å². The summed E-state index contributed by atoms with van der Waals surface area (Å²) in [6.07, 6.45) is 0. The predicted octanol–water partition coefficient (Wildman–Crippen LogP) is 3.61. The lowest BCUT2D eigenvalue weighted by molar-refractivity contribution is -0.125. The van der Waals surface area contributed by atoms with Gasteiger partial charge in [0.1, 0.15) is 11.6 Å². The molecule has 31 heavy (non-hydrogen) atoms. The number of rotatable bonds is 7. The van der Waals surface area contributed by atoms with Crippen LogP contribution in [-0.4, -0.2) is 34.7 Å². The van der Waals surface area contributed by atoms with E-state index < -0.39 is 0 Å². The van der Waals surface area contributed by atoms with E-state index in [-0.39, 0.29) is 30.4 Å². The van der Waals surface area contributed by atoms with Crippen LogP contribution in [0.25, 0.3) is 5.69 Å². The molecule has 2 aromatic carbocycles. The number of hydrogen-bond acceptors (Lipinski definition) is 4. The molecule has 7 heteroatoms. The van der Waals surface area contributed by atoms with Crippen molar-refractivity contribution in [1.82, 2.24) is 15.1 Å². The summed E-state index contributed by atoms with van der Waals surface area (Å²) in [4.78, 5) is 24.5. The van der Waals surface area contributed by atoms with Gasteiger partial charge >= 0.3 is 0 Å². The first kappa shape index (κ1) is 22.1. The van der Waals surface area contributed by atoms with Crippen molar-refractivity contribution in [3.8, 4) is 11.4 Å². The van der Waals surface area contributed by atoms with Crippen LogP contribution in [-0.2, 0) is 15.0 Å². The molecule has 2 amide bonds. The van der Waals surface area contributed by atoms with Crippen LogP contribution in [0.15, 0.2) is 60.7 Å². The Morgan fingerprint density at radius 1 is 1.00 bits per heavy atom. The highest BCUT2D eigenvalue weighted by atomic mass is 16.5. The normalized spacial score (nSPS) is 11.1. The number of hydrogen-bond donors (Lipinski definition) is 2. The monoisotopic (exact) mass is 420 g/mol. The number of nitrogens with one attached hydrogen (secondary N) is 2. The summed E-state index contributed by atoms with van der Waals surface area (Å²) < 4.78 is 7.12. The first-order chi connectivity index (χ1) is 14.7. The largest absolute Gasteiger partial charge is 0.484 e.